The first-order chi connectivity index (χ1) is 14.2. The lowest BCUT2D eigenvalue weighted by molar-refractivity contribution is -0.208. The first-order valence-electron chi connectivity index (χ1n) is 12.0. The lowest BCUT2D eigenvalue weighted by Crippen LogP contribution is -2.55. The Morgan fingerprint density at radius 2 is 1.31 bits per heavy atom. The average Bonchev–Trinajstić information content (AvgIpc) is 2.73. The average molecular weight is 415 g/mol. The summed E-state index contributed by atoms with van der Waals surface area (Å²) in [5.41, 5.74) is 0. The van der Waals surface area contributed by atoms with Crippen LogP contribution in [-0.4, -0.2) is 59.6 Å². The molecule has 1 aliphatic heterocycles. The zero-order chi connectivity index (χ0) is 21.2. The van der Waals surface area contributed by atoms with Crippen molar-refractivity contribution in [2.24, 2.45) is 0 Å². The third-order valence-electron chi connectivity index (χ3n) is 5.85. The van der Waals surface area contributed by atoms with Crippen LogP contribution in [0.25, 0.3) is 0 Å². The van der Waals surface area contributed by atoms with E-state index < -0.39 is 24.4 Å². The molecule has 5 heteroatoms. The van der Waals surface area contributed by atoms with Crippen molar-refractivity contribution in [3.8, 4) is 0 Å². The monoisotopic (exact) mass is 414 g/mol. The van der Waals surface area contributed by atoms with Gasteiger partial charge in [-0.2, -0.15) is 0 Å². The Kier molecular flexibility index (Phi) is 16.8. The second-order valence-electron chi connectivity index (χ2n) is 8.40. The van der Waals surface area contributed by atoms with Crippen molar-refractivity contribution in [2.75, 3.05) is 19.8 Å². The standard InChI is InChI=1S/C24H46O5/c1-2-3-4-5-6-7-8-9-10-11-12-13-14-15-16-17-18-28-22-20-29-21(19-25)23(26)24(22)27/h2-3,21-27H,4-20H2,1H3/b3-2+/t21-,22+,23-,24-/m1/s1. The molecule has 0 aromatic carbocycles. The predicted molar refractivity (Wildman–Crippen MR) is 118 cm³/mol. The third-order valence-corrected chi connectivity index (χ3v) is 5.85. The molecule has 172 valence electrons. The lowest BCUT2D eigenvalue weighted by atomic mass is 10.0. The van der Waals surface area contributed by atoms with Gasteiger partial charge in [-0.25, -0.2) is 0 Å². The van der Waals surface area contributed by atoms with Crippen LogP contribution in [0.5, 0.6) is 0 Å². The second kappa shape index (κ2) is 18.3. The Bertz CT molecular complexity index is 387. The molecular weight excluding hydrogens is 368 g/mol. The molecule has 0 spiro atoms. The molecule has 0 amide bonds. The summed E-state index contributed by atoms with van der Waals surface area (Å²) < 4.78 is 11.0. The van der Waals surface area contributed by atoms with E-state index in [4.69, 9.17) is 14.6 Å². The van der Waals surface area contributed by atoms with Crippen molar-refractivity contribution in [2.45, 2.75) is 121 Å². The first-order valence-corrected chi connectivity index (χ1v) is 12.0. The maximum absolute atomic E-state index is 10.0. The number of rotatable bonds is 18. The smallest absolute Gasteiger partial charge is 0.111 e. The SMILES string of the molecule is C/C=C/CCCCCCCCCCCCCCCO[C@H]1CO[C@H](CO)[C@@H](O)[C@@H]1O. The Hall–Kier alpha value is -0.460. The highest BCUT2D eigenvalue weighted by atomic mass is 16.6. The van der Waals surface area contributed by atoms with Gasteiger partial charge in [-0.05, 0) is 26.2 Å². The van der Waals surface area contributed by atoms with Crippen LogP contribution >= 0.6 is 0 Å². The maximum atomic E-state index is 10.0. The molecule has 1 aliphatic rings. The van der Waals surface area contributed by atoms with Gasteiger partial charge in [0.1, 0.15) is 24.4 Å². The summed E-state index contributed by atoms with van der Waals surface area (Å²) in [4.78, 5) is 0. The van der Waals surface area contributed by atoms with Crippen LogP contribution in [0.4, 0.5) is 0 Å². The van der Waals surface area contributed by atoms with Crippen LogP contribution in [0.15, 0.2) is 12.2 Å². The first kappa shape index (κ1) is 26.6. The molecule has 4 atom stereocenters. The van der Waals surface area contributed by atoms with Crippen LogP contribution in [0.1, 0.15) is 96.8 Å². The Balaban J connectivity index is 1.80. The van der Waals surface area contributed by atoms with E-state index in [1.54, 1.807) is 0 Å². The minimum Gasteiger partial charge on any atom is -0.394 e. The molecule has 0 aromatic heterocycles. The van der Waals surface area contributed by atoms with Gasteiger partial charge in [0, 0.05) is 6.61 Å². The van der Waals surface area contributed by atoms with E-state index in [-0.39, 0.29) is 13.2 Å². The fourth-order valence-electron chi connectivity index (χ4n) is 3.87. The molecule has 0 bridgehead atoms. The highest BCUT2D eigenvalue weighted by Crippen LogP contribution is 2.18. The van der Waals surface area contributed by atoms with E-state index in [9.17, 15) is 10.2 Å². The topological polar surface area (TPSA) is 79.2 Å². The van der Waals surface area contributed by atoms with Gasteiger partial charge >= 0.3 is 0 Å². The molecule has 1 rings (SSSR count). The van der Waals surface area contributed by atoms with E-state index in [0.717, 1.165) is 12.8 Å². The van der Waals surface area contributed by atoms with Gasteiger partial charge in [-0.1, -0.05) is 82.8 Å². The molecule has 1 fully saturated rings. The van der Waals surface area contributed by atoms with Crippen LogP contribution in [-0.2, 0) is 9.47 Å². The molecule has 0 aromatic rings. The van der Waals surface area contributed by atoms with Gasteiger partial charge in [-0.3, -0.25) is 0 Å². The lowest BCUT2D eigenvalue weighted by Gasteiger charge is -2.36. The Morgan fingerprint density at radius 1 is 0.793 bits per heavy atom. The molecule has 0 radical (unpaired) electrons. The van der Waals surface area contributed by atoms with Gasteiger partial charge < -0.3 is 24.8 Å². The van der Waals surface area contributed by atoms with Crippen molar-refractivity contribution >= 4 is 0 Å². The minimum absolute atomic E-state index is 0.222. The number of aliphatic hydroxyl groups is 3. The predicted octanol–water partition coefficient (Wildman–Crippen LogP) is 4.52. The number of aliphatic hydroxyl groups excluding tert-OH is 3. The van der Waals surface area contributed by atoms with Crippen molar-refractivity contribution in [3.05, 3.63) is 12.2 Å². The van der Waals surface area contributed by atoms with Gasteiger partial charge in [0.15, 0.2) is 0 Å². The number of hydrogen-bond donors (Lipinski definition) is 3. The zero-order valence-electron chi connectivity index (χ0n) is 18.6. The largest absolute Gasteiger partial charge is 0.394 e. The van der Waals surface area contributed by atoms with E-state index in [1.807, 2.05) is 0 Å². The summed E-state index contributed by atoms with van der Waals surface area (Å²) in [7, 11) is 0. The fourth-order valence-corrected chi connectivity index (χ4v) is 3.87. The molecule has 29 heavy (non-hydrogen) atoms. The molecule has 3 N–H and O–H groups in total. The summed E-state index contributed by atoms with van der Waals surface area (Å²) in [6, 6.07) is 0. The Morgan fingerprint density at radius 3 is 1.83 bits per heavy atom. The van der Waals surface area contributed by atoms with Gasteiger partial charge in [0.25, 0.3) is 0 Å². The summed E-state index contributed by atoms with van der Waals surface area (Å²) >= 11 is 0. The van der Waals surface area contributed by atoms with E-state index in [2.05, 4.69) is 19.1 Å². The molecule has 0 saturated carbocycles. The highest BCUT2D eigenvalue weighted by Gasteiger charge is 2.38. The second-order valence-corrected chi connectivity index (χ2v) is 8.40. The third kappa shape index (κ3) is 12.7. The molecule has 0 aliphatic carbocycles. The van der Waals surface area contributed by atoms with E-state index >= 15 is 0 Å². The number of allylic oxidation sites excluding steroid dienone is 2. The van der Waals surface area contributed by atoms with Crippen molar-refractivity contribution in [1.29, 1.82) is 0 Å². The summed E-state index contributed by atoms with van der Waals surface area (Å²) in [5, 5.41) is 28.9. The number of hydrogen-bond acceptors (Lipinski definition) is 5. The molecular formula is C24H46O5. The van der Waals surface area contributed by atoms with Crippen LogP contribution in [0.2, 0.25) is 0 Å². The molecule has 5 nitrogen and oxygen atoms in total. The highest BCUT2D eigenvalue weighted by molar-refractivity contribution is 4.87. The quantitative estimate of drug-likeness (QED) is 0.227. The number of unbranched alkanes of at least 4 members (excludes halogenated alkanes) is 13. The van der Waals surface area contributed by atoms with E-state index in [1.165, 1.54) is 77.0 Å². The van der Waals surface area contributed by atoms with Crippen LogP contribution in [0.3, 0.4) is 0 Å². The van der Waals surface area contributed by atoms with Gasteiger partial charge in [0.2, 0.25) is 0 Å². The molecule has 1 heterocycles. The number of ether oxygens (including phenoxy) is 2. The summed E-state index contributed by atoms with van der Waals surface area (Å²) in [6.07, 6.45) is 19.4. The fraction of sp³-hybridized carbons (Fsp3) is 0.917. The van der Waals surface area contributed by atoms with Gasteiger partial charge in [-0.15, -0.1) is 0 Å². The zero-order valence-corrected chi connectivity index (χ0v) is 18.6. The Labute approximate surface area is 178 Å². The minimum atomic E-state index is -1.08. The van der Waals surface area contributed by atoms with Crippen molar-refractivity contribution in [3.63, 3.8) is 0 Å². The molecule has 0 unspecified atom stereocenters. The van der Waals surface area contributed by atoms with E-state index in [0.29, 0.717) is 6.61 Å². The molecule has 1 saturated heterocycles. The van der Waals surface area contributed by atoms with Crippen molar-refractivity contribution < 1.29 is 24.8 Å². The van der Waals surface area contributed by atoms with Gasteiger partial charge in [0.05, 0.1) is 13.2 Å². The van der Waals surface area contributed by atoms with Crippen molar-refractivity contribution in [1.82, 2.24) is 0 Å². The van der Waals surface area contributed by atoms with Crippen LogP contribution < -0.4 is 0 Å². The van der Waals surface area contributed by atoms with Crippen LogP contribution in [0, 0.1) is 0 Å². The summed E-state index contributed by atoms with van der Waals surface area (Å²) in [6.45, 7) is 2.61. The summed E-state index contributed by atoms with van der Waals surface area (Å²) in [5.74, 6) is 0. The maximum Gasteiger partial charge on any atom is 0.111 e. The normalized spacial score (nSPS) is 25.1.